The number of hydrogen-bond acceptors (Lipinski definition) is 4. The van der Waals surface area contributed by atoms with Crippen LogP contribution in [0, 0.1) is 0 Å². The Labute approximate surface area is 108 Å². The number of hydrogen-bond donors (Lipinski definition) is 3. The Kier molecular flexibility index (Phi) is 3.92. The number of nitrogens with one attached hydrogen (secondary N) is 2. The zero-order valence-electron chi connectivity index (χ0n) is 10.7. The van der Waals surface area contributed by atoms with E-state index in [2.05, 4.69) is 15.6 Å². The van der Waals surface area contributed by atoms with Crippen molar-refractivity contribution < 1.29 is 18.0 Å². The van der Waals surface area contributed by atoms with Crippen molar-refractivity contribution in [3.8, 4) is 0 Å². The van der Waals surface area contributed by atoms with E-state index in [1.165, 1.54) is 20.9 Å². The summed E-state index contributed by atoms with van der Waals surface area (Å²) >= 11 is 0. The molecule has 0 aliphatic heterocycles. The van der Waals surface area contributed by atoms with Crippen molar-refractivity contribution in [2.75, 3.05) is 17.7 Å². The number of amides is 1. The van der Waals surface area contributed by atoms with Gasteiger partial charge in [-0.15, -0.1) is 0 Å². The van der Waals surface area contributed by atoms with Crippen molar-refractivity contribution in [1.29, 1.82) is 0 Å². The van der Waals surface area contributed by atoms with Gasteiger partial charge in [-0.3, -0.25) is 4.79 Å². The Bertz CT molecular complexity index is 485. The van der Waals surface area contributed by atoms with E-state index in [1.54, 1.807) is 0 Å². The quantitative estimate of drug-likeness (QED) is 0.783. The highest BCUT2D eigenvalue weighted by molar-refractivity contribution is 5.86. The smallest absolute Gasteiger partial charge is 0.373 e. The molecule has 0 aromatic carbocycles. The zero-order chi connectivity index (χ0) is 14.8. The lowest BCUT2D eigenvalue weighted by Crippen LogP contribution is -2.45. The molecule has 1 amide bonds. The number of pyridine rings is 1. The topological polar surface area (TPSA) is 80.0 Å². The van der Waals surface area contributed by atoms with Crippen LogP contribution < -0.4 is 16.4 Å². The Morgan fingerprint density at radius 1 is 1.26 bits per heavy atom. The Morgan fingerprint density at radius 3 is 2.21 bits per heavy atom. The normalized spacial score (nSPS) is 12.1. The fourth-order valence-corrected chi connectivity index (χ4v) is 1.27. The second-order valence-electron chi connectivity index (χ2n) is 4.49. The van der Waals surface area contributed by atoms with E-state index in [9.17, 15) is 18.0 Å². The molecule has 1 rings (SSSR count). The van der Waals surface area contributed by atoms with E-state index in [-0.39, 0.29) is 11.6 Å². The van der Waals surface area contributed by atoms with Gasteiger partial charge in [0.05, 0.1) is 5.56 Å². The average molecular weight is 276 g/mol. The van der Waals surface area contributed by atoms with Crippen LogP contribution in [0.15, 0.2) is 12.1 Å². The van der Waals surface area contributed by atoms with Gasteiger partial charge in [0.2, 0.25) is 5.91 Å². The predicted molar refractivity (Wildman–Crippen MR) is 65.7 cm³/mol. The van der Waals surface area contributed by atoms with Gasteiger partial charge in [0.1, 0.15) is 17.2 Å². The molecule has 106 valence electrons. The highest BCUT2D eigenvalue weighted by Gasteiger charge is 2.33. The first kappa shape index (κ1) is 15.1. The average Bonchev–Trinajstić information content (AvgIpc) is 2.26. The monoisotopic (exact) mass is 276 g/mol. The van der Waals surface area contributed by atoms with E-state index in [0.29, 0.717) is 0 Å². The molecule has 0 fully saturated rings. The summed E-state index contributed by atoms with van der Waals surface area (Å²) in [4.78, 5) is 15.1. The molecule has 0 saturated heterocycles. The van der Waals surface area contributed by atoms with E-state index in [4.69, 9.17) is 5.73 Å². The highest BCUT2D eigenvalue weighted by Crippen LogP contribution is 2.32. The zero-order valence-corrected chi connectivity index (χ0v) is 10.7. The van der Waals surface area contributed by atoms with Crippen LogP contribution in [0.3, 0.4) is 0 Å². The molecule has 8 heteroatoms. The number of primary amides is 1. The molecule has 1 aromatic heterocycles. The van der Waals surface area contributed by atoms with Gasteiger partial charge in [0, 0.05) is 7.05 Å². The van der Waals surface area contributed by atoms with Gasteiger partial charge in [0.15, 0.2) is 0 Å². The Balaban J connectivity index is 3.18. The number of carbonyl (C=O) groups is 1. The van der Waals surface area contributed by atoms with Crippen molar-refractivity contribution in [2.24, 2.45) is 5.73 Å². The maximum Gasteiger partial charge on any atom is 0.416 e. The third kappa shape index (κ3) is 3.73. The van der Waals surface area contributed by atoms with Crippen LogP contribution in [0.2, 0.25) is 0 Å². The Morgan fingerprint density at radius 2 is 1.79 bits per heavy atom. The van der Waals surface area contributed by atoms with E-state index >= 15 is 0 Å². The summed E-state index contributed by atoms with van der Waals surface area (Å²) in [6.45, 7) is 2.91. The molecule has 19 heavy (non-hydrogen) atoms. The van der Waals surface area contributed by atoms with Gasteiger partial charge in [-0.1, -0.05) is 0 Å². The van der Waals surface area contributed by atoms with Gasteiger partial charge in [0.25, 0.3) is 0 Å². The van der Waals surface area contributed by atoms with Crippen molar-refractivity contribution in [3.05, 3.63) is 17.7 Å². The van der Waals surface area contributed by atoms with Crippen LogP contribution in [-0.2, 0) is 11.0 Å². The molecule has 0 spiro atoms. The summed E-state index contributed by atoms with van der Waals surface area (Å²) in [5, 5.41) is 5.11. The molecular weight excluding hydrogens is 261 g/mol. The third-order valence-electron chi connectivity index (χ3n) is 2.47. The second kappa shape index (κ2) is 4.94. The summed E-state index contributed by atoms with van der Waals surface area (Å²) in [6, 6.07) is 1.70. The number of anilines is 2. The van der Waals surface area contributed by atoms with Crippen molar-refractivity contribution >= 4 is 17.5 Å². The van der Waals surface area contributed by atoms with E-state index in [0.717, 1.165) is 12.1 Å². The summed E-state index contributed by atoms with van der Waals surface area (Å²) in [6.07, 6.45) is -4.50. The molecule has 0 radical (unpaired) electrons. The lowest BCUT2D eigenvalue weighted by atomic mass is 10.1. The van der Waals surface area contributed by atoms with Crippen LogP contribution in [0.25, 0.3) is 0 Å². The lowest BCUT2D eigenvalue weighted by Gasteiger charge is -2.23. The first-order valence-corrected chi connectivity index (χ1v) is 5.41. The molecule has 0 bridgehead atoms. The standard InChI is InChI=1S/C11H15F3N4O/c1-10(2,9(15)19)18-8-5-6(11(12,13)14)4-7(16-3)17-8/h4-5H,1-3H3,(H2,15,19)(H2,16,17,18). The molecule has 1 heterocycles. The van der Waals surface area contributed by atoms with Gasteiger partial charge in [-0.25, -0.2) is 4.98 Å². The van der Waals surface area contributed by atoms with Crippen LogP contribution in [-0.4, -0.2) is 23.5 Å². The molecule has 1 aromatic rings. The number of alkyl halides is 3. The minimum Gasteiger partial charge on any atom is -0.373 e. The van der Waals surface area contributed by atoms with Gasteiger partial charge in [-0.05, 0) is 26.0 Å². The molecule has 5 nitrogen and oxygen atoms in total. The summed E-state index contributed by atoms with van der Waals surface area (Å²) < 4.78 is 38.1. The molecule has 0 aliphatic carbocycles. The lowest BCUT2D eigenvalue weighted by molar-refractivity contribution is -0.137. The number of halogens is 3. The van der Waals surface area contributed by atoms with Crippen molar-refractivity contribution in [3.63, 3.8) is 0 Å². The van der Waals surface area contributed by atoms with Crippen LogP contribution in [0.4, 0.5) is 24.8 Å². The van der Waals surface area contributed by atoms with Crippen LogP contribution in [0.5, 0.6) is 0 Å². The molecular formula is C11H15F3N4O. The number of rotatable bonds is 4. The maximum atomic E-state index is 12.7. The van der Waals surface area contributed by atoms with Crippen LogP contribution >= 0.6 is 0 Å². The first-order valence-electron chi connectivity index (χ1n) is 5.41. The van der Waals surface area contributed by atoms with Gasteiger partial charge in [-0.2, -0.15) is 13.2 Å². The van der Waals surface area contributed by atoms with E-state index in [1.807, 2.05) is 0 Å². The number of aromatic nitrogens is 1. The molecule has 0 atom stereocenters. The SMILES string of the molecule is CNc1cc(C(F)(F)F)cc(NC(C)(C)C(N)=O)n1. The minimum absolute atomic E-state index is 0.0394. The summed E-state index contributed by atoms with van der Waals surface area (Å²) in [5.41, 5.74) is 3.07. The largest absolute Gasteiger partial charge is 0.416 e. The van der Waals surface area contributed by atoms with Gasteiger partial charge < -0.3 is 16.4 Å². The van der Waals surface area contributed by atoms with Crippen LogP contribution in [0.1, 0.15) is 19.4 Å². The molecule has 0 aliphatic rings. The number of nitrogens with zero attached hydrogens (tertiary/aromatic N) is 1. The van der Waals surface area contributed by atoms with Crippen molar-refractivity contribution in [1.82, 2.24) is 4.98 Å². The summed E-state index contributed by atoms with van der Waals surface area (Å²) in [5.74, 6) is -0.738. The maximum absolute atomic E-state index is 12.7. The van der Waals surface area contributed by atoms with E-state index < -0.39 is 23.2 Å². The fourth-order valence-electron chi connectivity index (χ4n) is 1.27. The molecule has 4 N–H and O–H groups in total. The van der Waals surface area contributed by atoms with Gasteiger partial charge >= 0.3 is 6.18 Å². The first-order chi connectivity index (χ1) is 8.56. The van der Waals surface area contributed by atoms with Crippen molar-refractivity contribution in [2.45, 2.75) is 25.6 Å². The summed E-state index contributed by atoms with van der Waals surface area (Å²) in [7, 11) is 1.45. The predicted octanol–water partition coefficient (Wildman–Crippen LogP) is 1.82. The third-order valence-corrected chi connectivity index (χ3v) is 2.47. The number of nitrogens with two attached hydrogens (primary N) is 1. The molecule has 0 unspecified atom stereocenters. The highest BCUT2D eigenvalue weighted by atomic mass is 19.4. The minimum atomic E-state index is -4.50. The Hall–Kier alpha value is -1.99. The molecule has 0 saturated carbocycles. The number of carbonyl (C=O) groups excluding carboxylic acids is 1. The second-order valence-corrected chi connectivity index (χ2v) is 4.49. The fraction of sp³-hybridized carbons (Fsp3) is 0.455.